The Bertz CT molecular complexity index is 407. The Morgan fingerprint density at radius 1 is 1.39 bits per heavy atom. The van der Waals surface area contributed by atoms with Crippen LogP contribution in [0.1, 0.15) is 13.3 Å². The van der Waals surface area contributed by atoms with E-state index in [0.717, 1.165) is 17.9 Å². The predicted octanol–water partition coefficient (Wildman–Crippen LogP) is 2.34. The summed E-state index contributed by atoms with van der Waals surface area (Å²) in [5, 5.41) is 6.63. The standard InChI is InChI=1S/C13H20ClN3O/c1-4-15-9-8-12(18)16-11-7-5-6-10(14)13(11)17(2)3/h5-7,15H,4,8-9H2,1-3H3,(H,16,18). The minimum Gasteiger partial charge on any atom is -0.375 e. The maximum absolute atomic E-state index is 11.8. The van der Waals surface area contributed by atoms with Crippen LogP contribution in [-0.2, 0) is 4.79 Å². The molecule has 0 atom stereocenters. The fraction of sp³-hybridized carbons (Fsp3) is 0.462. The highest BCUT2D eigenvalue weighted by Gasteiger charge is 2.11. The molecule has 4 nitrogen and oxygen atoms in total. The molecule has 2 N–H and O–H groups in total. The molecule has 100 valence electrons. The van der Waals surface area contributed by atoms with Crippen LogP contribution < -0.4 is 15.5 Å². The molecular weight excluding hydrogens is 250 g/mol. The number of nitrogens with zero attached hydrogens (tertiary/aromatic N) is 1. The van der Waals surface area contributed by atoms with Gasteiger partial charge in [0.2, 0.25) is 5.91 Å². The van der Waals surface area contributed by atoms with E-state index < -0.39 is 0 Å². The van der Waals surface area contributed by atoms with E-state index in [0.29, 0.717) is 18.0 Å². The zero-order chi connectivity index (χ0) is 13.5. The molecular formula is C13H20ClN3O. The van der Waals surface area contributed by atoms with Gasteiger partial charge in [-0.3, -0.25) is 4.79 Å². The van der Waals surface area contributed by atoms with Crippen LogP contribution >= 0.6 is 11.6 Å². The van der Waals surface area contributed by atoms with Gasteiger partial charge in [0.15, 0.2) is 0 Å². The van der Waals surface area contributed by atoms with Gasteiger partial charge in [0, 0.05) is 27.1 Å². The first-order valence-electron chi connectivity index (χ1n) is 6.02. The van der Waals surface area contributed by atoms with Crippen LogP contribution in [0.15, 0.2) is 18.2 Å². The van der Waals surface area contributed by atoms with Crippen molar-refractivity contribution in [3.8, 4) is 0 Å². The Labute approximate surface area is 113 Å². The molecule has 0 unspecified atom stereocenters. The topological polar surface area (TPSA) is 44.4 Å². The first-order chi connectivity index (χ1) is 8.56. The quantitative estimate of drug-likeness (QED) is 0.779. The lowest BCUT2D eigenvalue weighted by atomic mass is 10.2. The first kappa shape index (κ1) is 14.8. The third-order valence-corrected chi connectivity index (χ3v) is 2.79. The molecule has 0 heterocycles. The number of benzene rings is 1. The molecule has 1 amide bonds. The molecule has 0 aliphatic carbocycles. The summed E-state index contributed by atoms with van der Waals surface area (Å²) in [6.45, 7) is 3.56. The van der Waals surface area contributed by atoms with Crippen LogP contribution in [0.25, 0.3) is 0 Å². The van der Waals surface area contributed by atoms with Gasteiger partial charge in [-0.25, -0.2) is 0 Å². The van der Waals surface area contributed by atoms with E-state index in [1.165, 1.54) is 0 Å². The van der Waals surface area contributed by atoms with Crippen LogP contribution in [0.4, 0.5) is 11.4 Å². The van der Waals surface area contributed by atoms with Crippen LogP contribution in [0.3, 0.4) is 0 Å². The second kappa shape index (κ2) is 7.24. The summed E-state index contributed by atoms with van der Waals surface area (Å²) in [4.78, 5) is 13.7. The Morgan fingerprint density at radius 3 is 2.72 bits per heavy atom. The molecule has 1 rings (SSSR count). The molecule has 0 aliphatic rings. The van der Waals surface area contributed by atoms with Crippen LogP contribution in [0.2, 0.25) is 5.02 Å². The summed E-state index contributed by atoms with van der Waals surface area (Å²) in [5.41, 5.74) is 1.57. The highest BCUT2D eigenvalue weighted by atomic mass is 35.5. The molecule has 0 bridgehead atoms. The molecule has 0 aromatic heterocycles. The zero-order valence-corrected chi connectivity index (χ0v) is 11.8. The summed E-state index contributed by atoms with van der Waals surface area (Å²) in [6.07, 6.45) is 0.452. The number of rotatable bonds is 6. The molecule has 0 fully saturated rings. The fourth-order valence-corrected chi connectivity index (χ4v) is 2.01. The van der Waals surface area contributed by atoms with Crippen molar-refractivity contribution >= 4 is 28.9 Å². The van der Waals surface area contributed by atoms with Gasteiger partial charge >= 0.3 is 0 Å². The highest BCUT2D eigenvalue weighted by molar-refractivity contribution is 6.34. The maximum Gasteiger partial charge on any atom is 0.225 e. The molecule has 0 saturated heterocycles. The van der Waals surface area contributed by atoms with Crippen molar-refractivity contribution in [2.75, 3.05) is 37.4 Å². The first-order valence-corrected chi connectivity index (χ1v) is 6.40. The van der Waals surface area contributed by atoms with E-state index in [9.17, 15) is 4.79 Å². The molecule has 0 aliphatic heterocycles. The largest absolute Gasteiger partial charge is 0.375 e. The van der Waals surface area contributed by atoms with Gasteiger partial charge in [-0.15, -0.1) is 0 Å². The average Bonchev–Trinajstić information content (AvgIpc) is 2.28. The normalized spacial score (nSPS) is 10.2. The maximum atomic E-state index is 11.8. The molecule has 0 spiro atoms. The molecule has 0 saturated carbocycles. The smallest absolute Gasteiger partial charge is 0.225 e. The number of carbonyl (C=O) groups excluding carboxylic acids is 1. The van der Waals surface area contributed by atoms with Crippen molar-refractivity contribution in [2.24, 2.45) is 0 Å². The number of para-hydroxylation sites is 1. The Hall–Kier alpha value is -1.26. The zero-order valence-electron chi connectivity index (χ0n) is 11.1. The van der Waals surface area contributed by atoms with Crippen molar-refractivity contribution in [1.29, 1.82) is 0 Å². The minimum atomic E-state index is -0.0127. The number of anilines is 2. The second-order valence-electron chi connectivity index (χ2n) is 4.18. The van der Waals surface area contributed by atoms with Gasteiger partial charge < -0.3 is 15.5 Å². The third-order valence-electron chi connectivity index (χ3n) is 2.49. The number of halogens is 1. The van der Waals surface area contributed by atoms with Crippen molar-refractivity contribution in [3.63, 3.8) is 0 Å². The van der Waals surface area contributed by atoms with E-state index in [2.05, 4.69) is 10.6 Å². The van der Waals surface area contributed by atoms with Crippen molar-refractivity contribution in [2.45, 2.75) is 13.3 Å². The Morgan fingerprint density at radius 2 is 2.11 bits per heavy atom. The summed E-state index contributed by atoms with van der Waals surface area (Å²) in [7, 11) is 3.80. The lowest BCUT2D eigenvalue weighted by molar-refractivity contribution is -0.116. The number of carbonyl (C=O) groups is 1. The van der Waals surface area contributed by atoms with E-state index in [1.807, 2.05) is 44.1 Å². The Kier molecular flexibility index (Phi) is 5.95. The second-order valence-corrected chi connectivity index (χ2v) is 4.59. The lowest BCUT2D eigenvalue weighted by Gasteiger charge is -2.19. The predicted molar refractivity (Wildman–Crippen MR) is 77.6 cm³/mol. The Balaban J connectivity index is 2.72. The van der Waals surface area contributed by atoms with Crippen molar-refractivity contribution < 1.29 is 4.79 Å². The SMILES string of the molecule is CCNCCC(=O)Nc1cccc(Cl)c1N(C)C. The number of hydrogen-bond acceptors (Lipinski definition) is 3. The van der Waals surface area contributed by atoms with Crippen molar-refractivity contribution in [3.05, 3.63) is 23.2 Å². The lowest BCUT2D eigenvalue weighted by Crippen LogP contribution is -2.22. The van der Waals surface area contributed by atoms with Gasteiger partial charge in [0.1, 0.15) is 0 Å². The van der Waals surface area contributed by atoms with Crippen LogP contribution in [-0.4, -0.2) is 33.1 Å². The van der Waals surface area contributed by atoms with E-state index in [-0.39, 0.29) is 5.91 Å². The summed E-state index contributed by atoms with van der Waals surface area (Å²) >= 11 is 6.13. The van der Waals surface area contributed by atoms with Gasteiger partial charge in [0.25, 0.3) is 0 Å². The minimum absolute atomic E-state index is 0.0127. The van der Waals surface area contributed by atoms with E-state index >= 15 is 0 Å². The highest BCUT2D eigenvalue weighted by Crippen LogP contribution is 2.32. The molecule has 1 aromatic carbocycles. The van der Waals surface area contributed by atoms with Gasteiger partial charge in [-0.1, -0.05) is 24.6 Å². The molecule has 1 aromatic rings. The van der Waals surface area contributed by atoms with Gasteiger partial charge in [-0.2, -0.15) is 0 Å². The number of amides is 1. The summed E-state index contributed by atoms with van der Waals surface area (Å²) < 4.78 is 0. The van der Waals surface area contributed by atoms with Crippen LogP contribution in [0.5, 0.6) is 0 Å². The fourth-order valence-electron chi connectivity index (χ4n) is 1.66. The molecule has 18 heavy (non-hydrogen) atoms. The van der Waals surface area contributed by atoms with E-state index in [4.69, 9.17) is 11.6 Å². The van der Waals surface area contributed by atoms with Gasteiger partial charge in [-0.05, 0) is 18.7 Å². The molecule has 0 radical (unpaired) electrons. The van der Waals surface area contributed by atoms with Crippen molar-refractivity contribution in [1.82, 2.24) is 5.32 Å². The molecule has 5 heteroatoms. The van der Waals surface area contributed by atoms with Gasteiger partial charge in [0.05, 0.1) is 16.4 Å². The third kappa shape index (κ3) is 4.20. The number of nitrogens with one attached hydrogen (secondary N) is 2. The van der Waals surface area contributed by atoms with Crippen LogP contribution in [0, 0.1) is 0 Å². The summed E-state index contributed by atoms with van der Waals surface area (Å²) in [6, 6.07) is 5.49. The van der Waals surface area contributed by atoms with E-state index in [1.54, 1.807) is 0 Å². The number of hydrogen-bond donors (Lipinski definition) is 2. The monoisotopic (exact) mass is 269 g/mol. The summed E-state index contributed by atoms with van der Waals surface area (Å²) in [5.74, 6) is -0.0127. The average molecular weight is 270 g/mol.